The van der Waals surface area contributed by atoms with Crippen molar-refractivity contribution in [3.05, 3.63) is 54.5 Å². The second-order valence-electron chi connectivity index (χ2n) is 4.12. The van der Waals surface area contributed by atoms with Crippen molar-refractivity contribution in [2.45, 2.75) is 27.2 Å². The molecule has 2 heteroatoms. The molecule has 3 aromatic rings. The van der Waals surface area contributed by atoms with Gasteiger partial charge >= 0.3 is 0 Å². The summed E-state index contributed by atoms with van der Waals surface area (Å²) in [6.45, 7) is 6.10. The molecule has 0 radical (unpaired) electrons. The van der Waals surface area contributed by atoms with E-state index in [1.807, 2.05) is 20.0 Å². The molecule has 0 amide bonds. The largest absolute Gasteiger partial charge is 0.342 e. The average Bonchev–Trinajstić information content (AvgIpc) is 2.97. The third kappa shape index (κ3) is 2.68. The number of rotatable bonds is 2. The Morgan fingerprint density at radius 2 is 1.74 bits per heavy atom. The van der Waals surface area contributed by atoms with Gasteiger partial charge in [-0.1, -0.05) is 63.2 Å². The van der Waals surface area contributed by atoms with Crippen LogP contribution in [0.5, 0.6) is 0 Å². The van der Waals surface area contributed by atoms with Gasteiger partial charge in [0.25, 0.3) is 0 Å². The van der Waals surface area contributed by atoms with Crippen LogP contribution in [0.25, 0.3) is 22.0 Å². The first-order valence-electron chi connectivity index (χ1n) is 6.90. The Balaban J connectivity index is 0.000000637. The maximum absolute atomic E-state index is 4.36. The number of imidazole rings is 1. The third-order valence-corrected chi connectivity index (χ3v) is 3.04. The van der Waals surface area contributed by atoms with Crippen LogP contribution in [-0.2, 0) is 6.42 Å². The molecule has 98 valence electrons. The summed E-state index contributed by atoms with van der Waals surface area (Å²) < 4.78 is 0. The van der Waals surface area contributed by atoms with Gasteiger partial charge in [0.05, 0.1) is 11.9 Å². The predicted octanol–water partition coefficient (Wildman–Crippen LogP) is 4.82. The number of benzene rings is 2. The van der Waals surface area contributed by atoms with Gasteiger partial charge in [0.2, 0.25) is 0 Å². The van der Waals surface area contributed by atoms with E-state index < -0.39 is 0 Å². The number of H-pyrrole nitrogens is 1. The molecule has 0 aliphatic heterocycles. The molecule has 0 bridgehead atoms. The second kappa shape index (κ2) is 6.19. The van der Waals surface area contributed by atoms with Crippen molar-refractivity contribution in [2.24, 2.45) is 0 Å². The molecule has 3 rings (SSSR count). The van der Waals surface area contributed by atoms with Crippen molar-refractivity contribution in [3.63, 3.8) is 0 Å². The van der Waals surface area contributed by atoms with Gasteiger partial charge in [-0.2, -0.15) is 0 Å². The first-order chi connectivity index (χ1) is 9.38. The van der Waals surface area contributed by atoms with E-state index in [2.05, 4.69) is 59.4 Å². The van der Waals surface area contributed by atoms with Gasteiger partial charge in [0, 0.05) is 12.0 Å². The van der Waals surface area contributed by atoms with E-state index in [0.717, 1.165) is 17.9 Å². The number of nitrogens with zero attached hydrogens (tertiary/aromatic N) is 1. The Labute approximate surface area is 114 Å². The van der Waals surface area contributed by atoms with Crippen LogP contribution in [0.3, 0.4) is 0 Å². The highest BCUT2D eigenvalue weighted by atomic mass is 14.9. The molecule has 0 unspecified atom stereocenters. The number of aromatic nitrogens is 2. The second-order valence-corrected chi connectivity index (χ2v) is 4.12. The molecule has 1 heterocycles. The predicted molar refractivity (Wildman–Crippen MR) is 82.3 cm³/mol. The average molecular weight is 252 g/mol. The van der Waals surface area contributed by atoms with Crippen LogP contribution in [0, 0.1) is 0 Å². The number of hydrogen-bond donors (Lipinski definition) is 1. The van der Waals surface area contributed by atoms with Crippen molar-refractivity contribution < 1.29 is 0 Å². The maximum Gasteiger partial charge on any atom is 0.106 e. The van der Waals surface area contributed by atoms with E-state index in [1.165, 1.54) is 16.3 Å². The molecule has 0 aliphatic carbocycles. The summed E-state index contributed by atoms with van der Waals surface area (Å²) in [7, 11) is 0. The zero-order valence-corrected chi connectivity index (χ0v) is 11.8. The fourth-order valence-corrected chi connectivity index (χ4v) is 2.14. The van der Waals surface area contributed by atoms with Gasteiger partial charge in [-0.05, 0) is 10.8 Å². The van der Waals surface area contributed by atoms with Crippen LogP contribution in [0.2, 0.25) is 0 Å². The van der Waals surface area contributed by atoms with E-state index in [9.17, 15) is 0 Å². The van der Waals surface area contributed by atoms with Gasteiger partial charge in [0.1, 0.15) is 5.82 Å². The molecular formula is C17H20N2. The van der Waals surface area contributed by atoms with Gasteiger partial charge in [0.15, 0.2) is 0 Å². The Kier molecular flexibility index (Phi) is 4.35. The van der Waals surface area contributed by atoms with Crippen molar-refractivity contribution in [1.82, 2.24) is 9.97 Å². The lowest BCUT2D eigenvalue weighted by Gasteiger charge is -2.03. The highest BCUT2D eigenvalue weighted by molar-refractivity contribution is 5.95. The molecular weight excluding hydrogens is 232 g/mol. The van der Waals surface area contributed by atoms with Gasteiger partial charge in [-0.25, -0.2) is 4.98 Å². The molecule has 0 fully saturated rings. The minimum atomic E-state index is 0.935. The van der Waals surface area contributed by atoms with E-state index in [0.29, 0.717) is 0 Å². The van der Waals surface area contributed by atoms with Crippen LogP contribution in [-0.4, -0.2) is 9.97 Å². The van der Waals surface area contributed by atoms with Gasteiger partial charge in [-0.3, -0.25) is 0 Å². The summed E-state index contributed by atoms with van der Waals surface area (Å²) in [6, 6.07) is 14.8. The van der Waals surface area contributed by atoms with Crippen LogP contribution in [0.15, 0.2) is 48.7 Å². The highest BCUT2D eigenvalue weighted by Crippen LogP contribution is 2.27. The van der Waals surface area contributed by atoms with Crippen molar-refractivity contribution >= 4 is 10.8 Å². The Morgan fingerprint density at radius 1 is 1.00 bits per heavy atom. The Hall–Kier alpha value is -2.09. The number of aryl methyl sites for hydroxylation is 1. The molecule has 0 aliphatic rings. The highest BCUT2D eigenvalue weighted by Gasteiger charge is 2.05. The molecule has 0 saturated carbocycles. The Morgan fingerprint density at radius 3 is 2.47 bits per heavy atom. The number of fused-ring (bicyclic) bond motifs is 1. The lowest BCUT2D eigenvalue weighted by atomic mass is 10.0. The zero-order valence-electron chi connectivity index (χ0n) is 11.8. The van der Waals surface area contributed by atoms with E-state index >= 15 is 0 Å². The normalized spacial score (nSPS) is 10.1. The molecule has 0 spiro atoms. The summed E-state index contributed by atoms with van der Waals surface area (Å²) in [5, 5.41) is 2.53. The molecule has 0 atom stereocenters. The van der Waals surface area contributed by atoms with Crippen molar-refractivity contribution in [3.8, 4) is 11.3 Å². The molecule has 2 aromatic carbocycles. The van der Waals surface area contributed by atoms with Crippen LogP contribution in [0.1, 0.15) is 26.6 Å². The van der Waals surface area contributed by atoms with Crippen LogP contribution < -0.4 is 0 Å². The minimum Gasteiger partial charge on any atom is -0.342 e. The van der Waals surface area contributed by atoms with Crippen molar-refractivity contribution in [2.75, 3.05) is 0 Å². The van der Waals surface area contributed by atoms with E-state index in [1.54, 1.807) is 0 Å². The lowest BCUT2D eigenvalue weighted by Crippen LogP contribution is -1.83. The summed E-state index contributed by atoms with van der Waals surface area (Å²) in [5.41, 5.74) is 2.31. The van der Waals surface area contributed by atoms with E-state index in [4.69, 9.17) is 0 Å². The van der Waals surface area contributed by atoms with Crippen LogP contribution >= 0.6 is 0 Å². The quantitative estimate of drug-likeness (QED) is 0.696. The summed E-state index contributed by atoms with van der Waals surface area (Å²) >= 11 is 0. The lowest BCUT2D eigenvalue weighted by molar-refractivity contribution is 0.991. The smallest absolute Gasteiger partial charge is 0.106 e. The number of aromatic amines is 1. The topological polar surface area (TPSA) is 28.7 Å². The maximum atomic E-state index is 4.36. The van der Waals surface area contributed by atoms with E-state index in [-0.39, 0.29) is 0 Å². The van der Waals surface area contributed by atoms with Crippen molar-refractivity contribution in [1.29, 1.82) is 0 Å². The molecule has 19 heavy (non-hydrogen) atoms. The standard InChI is InChI=1S/C15H14N2.C2H6/c1-2-15-16-10-14(17-15)13-9-5-7-11-6-3-4-8-12(11)13;1-2/h3-10H,2H2,1H3,(H,16,17);1-2H3. The third-order valence-electron chi connectivity index (χ3n) is 3.04. The molecule has 1 aromatic heterocycles. The fourth-order valence-electron chi connectivity index (χ4n) is 2.14. The Bertz CT molecular complexity index is 648. The molecule has 1 N–H and O–H groups in total. The SMILES string of the molecule is CC.CCc1ncc(-c2cccc3ccccc23)[nH]1. The summed E-state index contributed by atoms with van der Waals surface area (Å²) in [4.78, 5) is 7.72. The fraction of sp³-hybridized carbons (Fsp3) is 0.235. The van der Waals surface area contributed by atoms with Gasteiger partial charge < -0.3 is 4.98 Å². The first-order valence-corrected chi connectivity index (χ1v) is 6.90. The minimum absolute atomic E-state index is 0.935. The molecule has 2 nitrogen and oxygen atoms in total. The van der Waals surface area contributed by atoms with Crippen LogP contribution in [0.4, 0.5) is 0 Å². The number of nitrogens with one attached hydrogen (secondary N) is 1. The molecule has 0 saturated heterocycles. The first kappa shape index (κ1) is 13.3. The number of hydrogen-bond acceptors (Lipinski definition) is 1. The van der Waals surface area contributed by atoms with Gasteiger partial charge in [-0.15, -0.1) is 0 Å². The monoisotopic (exact) mass is 252 g/mol. The zero-order chi connectivity index (χ0) is 13.7. The summed E-state index contributed by atoms with van der Waals surface area (Å²) in [6.07, 6.45) is 2.85. The summed E-state index contributed by atoms with van der Waals surface area (Å²) in [5.74, 6) is 1.04.